The fourth-order valence-electron chi connectivity index (χ4n) is 2.82. The minimum absolute atomic E-state index is 0.0690. The molecule has 0 radical (unpaired) electrons. The largest absolute Gasteiger partial charge is 0.348 e. The molecule has 1 unspecified atom stereocenters. The van der Waals surface area contributed by atoms with Crippen molar-refractivity contribution in [1.29, 1.82) is 0 Å². The van der Waals surface area contributed by atoms with Crippen LogP contribution in [-0.4, -0.2) is 47.9 Å². The predicted molar refractivity (Wildman–Crippen MR) is 78.6 cm³/mol. The summed E-state index contributed by atoms with van der Waals surface area (Å²) in [6.45, 7) is 1.82. The summed E-state index contributed by atoms with van der Waals surface area (Å²) in [5.41, 5.74) is 0.367. The molecule has 2 aliphatic heterocycles. The Morgan fingerprint density at radius 1 is 1.24 bits per heavy atom. The topological polar surface area (TPSA) is 51.7 Å². The maximum Gasteiger partial charge on any atom is 0.257 e. The molecule has 0 bridgehead atoms. The molecule has 114 valence electrons. The van der Waals surface area contributed by atoms with Crippen molar-refractivity contribution in [2.45, 2.75) is 31.6 Å². The fourth-order valence-corrected chi connectivity index (χ4v) is 3.24. The van der Waals surface area contributed by atoms with Crippen LogP contribution in [0.3, 0.4) is 0 Å². The van der Waals surface area contributed by atoms with Crippen molar-refractivity contribution < 1.29 is 14.3 Å². The Kier molecular flexibility index (Phi) is 4.64. The van der Waals surface area contributed by atoms with Crippen molar-refractivity contribution in [2.24, 2.45) is 0 Å². The lowest BCUT2D eigenvalue weighted by atomic mass is 10.0. The summed E-state index contributed by atoms with van der Waals surface area (Å²) < 4.78 is 11.1. The molecule has 1 atom stereocenters. The Labute approximate surface area is 133 Å². The van der Waals surface area contributed by atoms with E-state index in [0.29, 0.717) is 25.3 Å². The van der Waals surface area contributed by atoms with Gasteiger partial charge < -0.3 is 14.4 Å². The zero-order valence-corrected chi connectivity index (χ0v) is 12.9. The van der Waals surface area contributed by atoms with E-state index in [1.807, 2.05) is 0 Å². The Morgan fingerprint density at radius 3 is 2.71 bits per heavy atom. The number of likely N-dealkylation sites (tertiary alicyclic amines) is 1. The molecule has 21 heavy (non-hydrogen) atoms. The van der Waals surface area contributed by atoms with Gasteiger partial charge in [0.25, 0.3) is 5.91 Å². The monoisotopic (exact) mass is 330 g/mol. The number of amides is 1. The summed E-state index contributed by atoms with van der Waals surface area (Å²) in [4.78, 5) is 18.5. The number of carbonyl (C=O) groups is 1. The zero-order valence-electron chi connectivity index (χ0n) is 11.4. The molecule has 0 N–H and O–H groups in total. The number of nitrogens with zero attached hydrogens (tertiary/aromatic N) is 2. The van der Waals surface area contributed by atoms with Crippen LogP contribution in [0.4, 0.5) is 0 Å². The van der Waals surface area contributed by atoms with Gasteiger partial charge >= 0.3 is 0 Å². The minimum atomic E-state index is -0.340. The lowest BCUT2D eigenvalue weighted by Crippen LogP contribution is -2.50. The zero-order chi connectivity index (χ0) is 14.8. The summed E-state index contributed by atoms with van der Waals surface area (Å²) in [6.07, 6.45) is 2.56. The van der Waals surface area contributed by atoms with Crippen LogP contribution in [0.5, 0.6) is 0 Å². The predicted octanol–water partition coefficient (Wildman–Crippen LogP) is 2.76. The minimum Gasteiger partial charge on any atom is -0.348 e. The molecule has 2 fully saturated rings. The molecule has 0 spiro atoms. The average Bonchev–Trinajstić information content (AvgIpc) is 3.01. The van der Waals surface area contributed by atoms with Crippen molar-refractivity contribution in [2.75, 3.05) is 19.8 Å². The standard InChI is InChI=1S/C14H16Cl2N2O3/c15-11-5-4-9(12(16)17-11)13(19)18-6-2-1-3-10(18)14-20-7-8-21-14/h4-5,10,14H,1-3,6-8H2. The van der Waals surface area contributed by atoms with Crippen LogP contribution in [-0.2, 0) is 9.47 Å². The molecule has 3 heterocycles. The maximum atomic E-state index is 12.7. The van der Waals surface area contributed by atoms with Crippen molar-refractivity contribution in [3.8, 4) is 0 Å². The molecule has 0 saturated carbocycles. The Morgan fingerprint density at radius 2 is 2.00 bits per heavy atom. The molecule has 2 aliphatic rings. The van der Waals surface area contributed by atoms with E-state index in [-0.39, 0.29) is 28.5 Å². The van der Waals surface area contributed by atoms with Crippen LogP contribution in [0.1, 0.15) is 29.6 Å². The first-order chi connectivity index (χ1) is 10.2. The van der Waals surface area contributed by atoms with Gasteiger partial charge in [0, 0.05) is 6.54 Å². The van der Waals surface area contributed by atoms with Gasteiger partial charge in [0.2, 0.25) is 0 Å². The van der Waals surface area contributed by atoms with Crippen LogP contribution in [0.25, 0.3) is 0 Å². The normalized spacial score (nSPS) is 23.5. The highest BCUT2D eigenvalue weighted by Gasteiger charge is 2.37. The molecule has 2 saturated heterocycles. The van der Waals surface area contributed by atoms with Gasteiger partial charge in [-0.25, -0.2) is 4.98 Å². The molecule has 0 aromatic carbocycles. The third-order valence-electron chi connectivity index (χ3n) is 3.82. The quantitative estimate of drug-likeness (QED) is 0.782. The second-order valence-corrected chi connectivity index (χ2v) is 5.89. The lowest BCUT2D eigenvalue weighted by Gasteiger charge is -2.38. The van der Waals surface area contributed by atoms with Gasteiger partial charge in [-0.3, -0.25) is 4.79 Å². The Bertz CT molecular complexity index is 535. The first kappa shape index (κ1) is 15.0. The summed E-state index contributed by atoms with van der Waals surface area (Å²) in [7, 11) is 0. The van der Waals surface area contributed by atoms with E-state index in [2.05, 4.69) is 4.98 Å². The SMILES string of the molecule is O=C(c1ccc(Cl)nc1Cl)N1CCCCC1C1OCCO1. The molecule has 1 aromatic heterocycles. The van der Waals surface area contributed by atoms with Crippen LogP contribution in [0.2, 0.25) is 10.3 Å². The number of aromatic nitrogens is 1. The van der Waals surface area contributed by atoms with Crippen LogP contribution < -0.4 is 0 Å². The van der Waals surface area contributed by atoms with E-state index in [1.54, 1.807) is 17.0 Å². The second-order valence-electron chi connectivity index (χ2n) is 5.14. The van der Waals surface area contributed by atoms with Gasteiger partial charge in [-0.05, 0) is 31.4 Å². The number of pyridine rings is 1. The molecular formula is C14H16Cl2N2O3. The highest BCUT2D eigenvalue weighted by molar-refractivity contribution is 6.34. The third-order valence-corrected chi connectivity index (χ3v) is 4.32. The number of halogens is 2. The molecule has 5 nitrogen and oxygen atoms in total. The number of hydrogen-bond donors (Lipinski definition) is 0. The maximum absolute atomic E-state index is 12.7. The Hall–Kier alpha value is -0.880. The van der Waals surface area contributed by atoms with Crippen molar-refractivity contribution in [1.82, 2.24) is 9.88 Å². The number of piperidine rings is 1. The molecule has 7 heteroatoms. The summed E-state index contributed by atoms with van der Waals surface area (Å²) in [5.74, 6) is -0.145. The molecule has 1 aromatic rings. The fraction of sp³-hybridized carbons (Fsp3) is 0.571. The van der Waals surface area contributed by atoms with E-state index < -0.39 is 0 Å². The van der Waals surface area contributed by atoms with Gasteiger partial charge in [-0.2, -0.15) is 0 Å². The highest BCUT2D eigenvalue weighted by atomic mass is 35.5. The van der Waals surface area contributed by atoms with E-state index >= 15 is 0 Å². The van der Waals surface area contributed by atoms with E-state index in [9.17, 15) is 4.79 Å². The van der Waals surface area contributed by atoms with Gasteiger partial charge in [0.15, 0.2) is 6.29 Å². The summed E-state index contributed by atoms with van der Waals surface area (Å²) in [5, 5.41) is 0.402. The third kappa shape index (κ3) is 3.16. The number of rotatable bonds is 2. The lowest BCUT2D eigenvalue weighted by molar-refractivity contribution is -0.100. The van der Waals surface area contributed by atoms with Crippen molar-refractivity contribution in [3.05, 3.63) is 28.0 Å². The first-order valence-corrected chi connectivity index (χ1v) is 7.78. The molecule has 3 rings (SSSR count). The van der Waals surface area contributed by atoms with Crippen molar-refractivity contribution in [3.63, 3.8) is 0 Å². The van der Waals surface area contributed by atoms with Gasteiger partial charge in [0.1, 0.15) is 10.3 Å². The van der Waals surface area contributed by atoms with Crippen LogP contribution in [0, 0.1) is 0 Å². The first-order valence-electron chi connectivity index (χ1n) is 7.03. The molecule has 1 amide bonds. The van der Waals surface area contributed by atoms with Crippen LogP contribution >= 0.6 is 23.2 Å². The summed E-state index contributed by atoms with van der Waals surface area (Å²) >= 11 is 11.8. The average molecular weight is 331 g/mol. The number of hydrogen-bond acceptors (Lipinski definition) is 4. The number of ether oxygens (including phenoxy) is 2. The van der Waals surface area contributed by atoms with E-state index in [4.69, 9.17) is 32.7 Å². The van der Waals surface area contributed by atoms with Gasteiger partial charge in [-0.15, -0.1) is 0 Å². The molecule has 0 aliphatic carbocycles. The number of carbonyl (C=O) groups excluding carboxylic acids is 1. The van der Waals surface area contributed by atoms with Gasteiger partial charge in [0.05, 0.1) is 24.8 Å². The van der Waals surface area contributed by atoms with E-state index in [0.717, 1.165) is 19.3 Å². The molecular weight excluding hydrogens is 315 g/mol. The van der Waals surface area contributed by atoms with Crippen LogP contribution in [0.15, 0.2) is 12.1 Å². The van der Waals surface area contributed by atoms with Crippen molar-refractivity contribution >= 4 is 29.1 Å². The highest BCUT2D eigenvalue weighted by Crippen LogP contribution is 2.27. The van der Waals surface area contributed by atoms with E-state index in [1.165, 1.54) is 0 Å². The smallest absolute Gasteiger partial charge is 0.257 e. The Balaban J connectivity index is 1.83. The van der Waals surface area contributed by atoms with Gasteiger partial charge in [-0.1, -0.05) is 23.2 Å². The second kappa shape index (κ2) is 6.48. The summed E-state index contributed by atoms with van der Waals surface area (Å²) in [6, 6.07) is 3.12.